The predicted molar refractivity (Wildman–Crippen MR) is 79.2 cm³/mol. The maximum atomic E-state index is 12.0. The zero-order valence-electron chi connectivity index (χ0n) is 11.5. The molecule has 21 heavy (non-hydrogen) atoms. The molecule has 2 unspecified atom stereocenters. The van der Waals surface area contributed by atoms with Gasteiger partial charge in [0.15, 0.2) is 5.70 Å². The smallest absolute Gasteiger partial charge is 0.354 e. The topological polar surface area (TPSA) is 107 Å². The van der Waals surface area contributed by atoms with Crippen LogP contribution in [0.5, 0.6) is 0 Å². The van der Waals surface area contributed by atoms with Crippen molar-refractivity contribution in [3.8, 4) is 0 Å². The summed E-state index contributed by atoms with van der Waals surface area (Å²) in [5, 5.41) is 21.2. The van der Waals surface area contributed by atoms with E-state index in [1.54, 1.807) is 0 Å². The lowest BCUT2D eigenvalue weighted by atomic mass is 9.92. The van der Waals surface area contributed by atoms with Crippen molar-refractivity contribution < 1.29 is 24.6 Å². The molecule has 2 aliphatic heterocycles. The molecular formula is C12H16N2O5S2. The quantitative estimate of drug-likeness (QED) is 0.465. The van der Waals surface area contributed by atoms with Crippen molar-refractivity contribution in [2.75, 3.05) is 12.3 Å². The molecule has 1 saturated heterocycles. The van der Waals surface area contributed by atoms with Crippen molar-refractivity contribution in [1.29, 1.82) is 0 Å². The van der Waals surface area contributed by atoms with Gasteiger partial charge in [-0.3, -0.25) is 14.5 Å². The van der Waals surface area contributed by atoms with E-state index in [0.29, 0.717) is 16.5 Å². The number of hydrogen-bond donors (Lipinski definition) is 3. The number of aliphatic hydroxyl groups excluding tert-OH is 1. The summed E-state index contributed by atoms with van der Waals surface area (Å²) in [6, 6.07) is 0. The van der Waals surface area contributed by atoms with Crippen LogP contribution in [0.4, 0.5) is 0 Å². The maximum Gasteiger partial charge on any atom is 0.354 e. The molecule has 3 N–H and O–H groups in total. The highest BCUT2D eigenvalue weighted by Gasteiger charge is 2.57. The van der Waals surface area contributed by atoms with Crippen LogP contribution in [0, 0.1) is 5.92 Å². The number of hydrogen-bond acceptors (Lipinski definition) is 6. The van der Waals surface area contributed by atoms with Gasteiger partial charge in [0.2, 0.25) is 11.8 Å². The van der Waals surface area contributed by atoms with Crippen LogP contribution in [0.3, 0.4) is 0 Å². The maximum absolute atomic E-state index is 12.0. The van der Waals surface area contributed by atoms with Gasteiger partial charge in [-0.15, -0.1) is 11.8 Å². The van der Waals surface area contributed by atoms with Crippen molar-refractivity contribution in [1.82, 2.24) is 10.2 Å². The minimum atomic E-state index is -1.15. The molecule has 2 amide bonds. The van der Waals surface area contributed by atoms with Crippen LogP contribution in [-0.4, -0.2) is 56.7 Å². The third-order valence-corrected chi connectivity index (χ3v) is 5.84. The molecule has 116 valence electrons. The van der Waals surface area contributed by atoms with E-state index in [9.17, 15) is 24.6 Å². The van der Waals surface area contributed by atoms with Crippen LogP contribution in [-0.2, 0) is 14.4 Å². The number of rotatable bonds is 6. The molecule has 0 saturated carbocycles. The van der Waals surface area contributed by atoms with Crippen LogP contribution in [0.1, 0.15) is 13.8 Å². The van der Waals surface area contributed by atoms with Crippen molar-refractivity contribution in [2.24, 2.45) is 5.92 Å². The summed E-state index contributed by atoms with van der Waals surface area (Å²) in [5.74, 6) is -1.68. The van der Waals surface area contributed by atoms with E-state index in [0.717, 1.165) is 0 Å². The molecule has 0 radical (unpaired) electrons. The number of β-lactam (4-membered cyclic amide) rings is 1. The lowest BCUT2D eigenvalue weighted by Crippen LogP contribution is -2.60. The van der Waals surface area contributed by atoms with E-state index in [1.165, 1.54) is 42.3 Å². The summed E-state index contributed by atoms with van der Waals surface area (Å²) in [5.41, 5.74) is -0.0141. The average molecular weight is 332 g/mol. The molecule has 0 bridgehead atoms. The van der Waals surface area contributed by atoms with Crippen LogP contribution < -0.4 is 5.32 Å². The number of carboxylic acid groups (broad SMARTS) is 1. The molecule has 1 fully saturated rings. The summed E-state index contributed by atoms with van der Waals surface area (Å²) in [6.45, 7) is 3.37. The second-order valence-corrected chi connectivity index (χ2v) is 7.25. The summed E-state index contributed by atoms with van der Waals surface area (Å²) >= 11 is 2.59. The summed E-state index contributed by atoms with van der Waals surface area (Å²) in [6.07, 6.45) is -0.801. The Bertz CT molecular complexity index is 520. The number of nitrogens with zero attached hydrogens (tertiary/aromatic N) is 1. The lowest BCUT2D eigenvalue weighted by Gasteiger charge is -2.43. The fourth-order valence-electron chi connectivity index (χ4n) is 2.22. The lowest BCUT2D eigenvalue weighted by molar-refractivity contribution is -0.156. The van der Waals surface area contributed by atoms with Crippen LogP contribution in [0.2, 0.25) is 0 Å². The van der Waals surface area contributed by atoms with Gasteiger partial charge < -0.3 is 15.5 Å². The Morgan fingerprint density at radius 1 is 1.52 bits per heavy atom. The number of aliphatic carboxylic acids is 1. The Hall–Kier alpha value is -1.19. The fraction of sp³-hybridized carbons (Fsp3) is 0.583. The standard InChI is InChI=1S/C12H16N2O5S2/c1-5(15)7-9(17)14-8(11(18)19)12(21-10(7)14)20-4-3-13-6(2)16/h5,7,10,15H,3-4H2,1-2H3,(H,13,16)(H,18,19)/t5?,7?,10-/m1/s1. The van der Waals surface area contributed by atoms with Crippen LogP contribution in [0.25, 0.3) is 0 Å². The monoisotopic (exact) mass is 332 g/mol. The second kappa shape index (κ2) is 6.29. The van der Waals surface area contributed by atoms with E-state index >= 15 is 0 Å². The number of carbonyl (C=O) groups is 3. The molecule has 0 spiro atoms. The first-order valence-electron chi connectivity index (χ1n) is 6.37. The van der Waals surface area contributed by atoms with Crippen molar-refractivity contribution in [2.45, 2.75) is 25.3 Å². The summed E-state index contributed by atoms with van der Waals surface area (Å²) < 4.78 is 0.550. The Morgan fingerprint density at radius 3 is 2.71 bits per heavy atom. The minimum Gasteiger partial charge on any atom is -0.477 e. The van der Waals surface area contributed by atoms with Gasteiger partial charge in [0.1, 0.15) is 5.37 Å². The highest BCUT2D eigenvalue weighted by atomic mass is 32.2. The molecule has 0 aromatic carbocycles. The van der Waals surface area contributed by atoms with Gasteiger partial charge in [0.05, 0.1) is 16.3 Å². The van der Waals surface area contributed by atoms with Crippen molar-refractivity contribution in [3.63, 3.8) is 0 Å². The first kappa shape index (κ1) is 16.2. The molecule has 2 rings (SSSR count). The number of thioether (sulfide) groups is 2. The number of aliphatic hydroxyl groups is 1. The first-order valence-corrected chi connectivity index (χ1v) is 8.23. The Balaban J connectivity index is 2.04. The van der Waals surface area contributed by atoms with Crippen LogP contribution in [0.15, 0.2) is 9.93 Å². The van der Waals surface area contributed by atoms with Gasteiger partial charge in [-0.05, 0) is 6.92 Å². The van der Waals surface area contributed by atoms with Crippen LogP contribution >= 0.6 is 23.5 Å². The zero-order valence-corrected chi connectivity index (χ0v) is 13.2. The zero-order chi connectivity index (χ0) is 15.7. The molecule has 2 heterocycles. The normalized spacial score (nSPS) is 25.5. The van der Waals surface area contributed by atoms with Gasteiger partial charge >= 0.3 is 5.97 Å². The van der Waals surface area contributed by atoms with Gasteiger partial charge in [-0.1, -0.05) is 11.8 Å². The third-order valence-electron chi connectivity index (χ3n) is 3.18. The Kier molecular flexibility index (Phi) is 4.84. The molecular weight excluding hydrogens is 316 g/mol. The fourth-order valence-corrected chi connectivity index (χ4v) is 5.07. The number of carboxylic acids is 1. The van der Waals surface area contributed by atoms with Gasteiger partial charge in [-0.25, -0.2) is 4.79 Å². The Morgan fingerprint density at radius 2 is 2.19 bits per heavy atom. The molecule has 0 aromatic rings. The summed E-state index contributed by atoms with van der Waals surface area (Å²) in [4.78, 5) is 35.3. The number of carbonyl (C=O) groups excluding carboxylic acids is 2. The molecule has 0 aliphatic carbocycles. The summed E-state index contributed by atoms with van der Waals surface area (Å²) in [7, 11) is 0. The molecule has 7 nitrogen and oxygen atoms in total. The highest BCUT2D eigenvalue weighted by molar-refractivity contribution is 8.22. The minimum absolute atomic E-state index is 0.0141. The van der Waals surface area contributed by atoms with Gasteiger partial charge in [0.25, 0.3) is 0 Å². The van der Waals surface area contributed by atoms with E-state index in [1.807, 2.05) is 0 Å². The average Bonchev–Trinajstić information content (AvgIpc) is 2.68. The van der Waals surface area contributed by atoms with Gasteiger partial charge in [-0.2, -0.15) is 0 Å². The van der Waals surface area contributed by atoms with E-state index < -0.39 is 18.0 Å². The van der Waals surface area contributed by atoms with E-state index in [2.05, 4.69) is 5.32 Å². The Labute approximate surface area is 130 Å². The molecule has 2 aliphatic rings. The predicted octanol–water partition coefficient (Wildman–Crippen LogP) is 0.0215. The third kappa shape index (κ3) is 3.04. The SMILES string of the molecule is CC(=O)NCCSC1=C(C(=O)O)N2C(=O)C(C(C)O)[C@H]2S1. The second-order valence-electron chi connectivity index (χ2n) is 4.76. The largest absolute Gasteiger partial charge is 0.477 e. The van der Waals surface area contributed by atoms with E-state index in [4.69, 9.17) is 0 Å². The number of nitrogens with one attached hydrogen (secondary N) is 1. The highest BCUT2D eigenvalue weighted by Crippen LogP contribution is 2.53. The molecule has 0 aromatic heterocycles. The molecule has 3 atom stereocenters. The molecule has 9 heteroatoms. The number of fused-ring (bicyclic) bond motifs is 1. The van der Waals surface area contributed by atoms with Crippen molar-refractivity contribution in [3.05, 3.63) is 9.93 Å². The van der Waals surface area contributed by atoms with Gasteiger partial charge in [0, 0.05) is 19.2 Å². The van der Waals surface area contributed by atoms with E-state index in [-0.39, 0.29) is 22.9 Å². The van der Waals surface area contributed by atoms with Crippen molar-refractivity contribution >= 4 is 41.3 Å². The first-order chi connectivity index (χ1) is 9.84. The number of amides is 2.